The number of ether oxygens (including phenoxy) is 1. The molecular weight excluding hydrogens is 414 g/mol. The zero-order valence-corrected chi connectivity index (χ0v) is 20.5. The molecule has 0 radical (unpaired) electrons. The molecule has 6 nitrogen and oxygen atoms in total. The molecule has 2 rings (SSSR count). The lowest BCUT2D eigenvalue weighted by Gasteiger charge is -2.37. The largest absolute Gasteiger partial charge is 0.372 e. The molecule has 0 amide bonds. The van der Waals surface area contributed by atoms with Gasteiger partial charge in [-0.15, -0.1) is 0 Å². The molecule has 1 saturated heterocycles. The average molecular weight is 452 g/mol. The van der Waals surface area contributed by atoms with E-state index in [1.807, 2.05) is 13.0 Å². The molecule has 1 aliphatic rings. The van der Waals surface area contributed by atoms with Gasteiger partial charge in [0.2, 0.25) is 0 Å². The fraction of sp³-hybridized carbons (Fsp3) is 0.667. The standard InChI is InChI=1S/C24H37NO5S/c1-17-12-21(25-14-18(2)30-19(3)15-25)11-10-20(17)13-22(26)8-7-9-23(27)16-31(28,29)24(4,5)6/h10-12,18-19H,7-9,13-16H2,1-6H3/t18-,19+. The number of hydrogen-bond acceptors (Lipinski definition) is 6. The molecule has 0 spiro atoms. The van der Waals surface area contributed by atoms with Crippen molar-refractivity contribution in [3.05, 3.63) is 29.3 Å². The minimum Gasteiger partial charge on any atom is -0.372 e. The van der Waals surface area contributed by atoms with E-state index in [-0.39, 0.29) is 36.6 Å². The highest BCUT2D eigenvalue weighted by Crippen LogP contribution is 2.24. The SMILES string of the molecule is Cc1cc(N2C[C@@H](C)O[C@@H](C)C2)ccc1CC(=O)CCCC(=O)CS(=O)(=O)C(C)(C)C. The molecule has 0 saturated carbocycles. The van der Waals surface area contributed by atoms with Crippen LogP contribution in [0.1, 0.15) is 65.0 Å². The summed E-state index contributed by atoms with van der Waals surface area (Å²) in [6.45, 7) is 12.6. The predicted molar refractivity (Wildman–Crippen MR) is 125 cm³/mol. The van der Waals surface area contributed by atoms with Gasteiger partial charge >= 0.3 is 0 Å². The number of rotatable bonds is 9. The predicted octanol–water partition coefficient (Wildman–Crippen LogP) is 3.67. The monoisotopic (exact) mass is 451 g/mol. The normalized spacial score (nSPS) is 20.0. The Kier molecular flexibility index (Phi) is 8.45. The molecule has 7 heteroatoms. The molecule has 0 bridgehead atoms. The van der Waals surface area contributed by atoms with Crippen molar-refractivity contribution in [2.45, 2.75) is 84.2 Å². The Morgan fingerprint density at radius 2 is 1.65 bits per heavy atom. The second kappa shape index (κ2) is 10.3. The van der Waals surface area contributed by atoms with E-state index in [0.717, 1.165) is 29.9 Å². The molecule has 0 aromatic heterocycles. The van der Waals surface area contributed by atoms with Crippen LogP contribution in [-0.2, 0) is 30.6 Å². The second-order valence-electron chi connectivity index (χ2n) is 9.75. The van der Waals surface area contributed by atoms with Gasteiger partial charge in [-0.2, -0.15) is 0 Å². The fourth-order valence-electron chi connectivity index (χ4n) is 3.75. The van der Waals surface area contributed by atoms with Gasteiger partial charge in [-0.25, -0.2) is 8.42 Å². The third-order valence-electron chi connectivity index (χ3n) is 5.69. The first-order chi connectivity index (χ1) is 14.3. The summed E-state index contributed by atoms with van der Waals surface area (Å²) in [5.41, 5.74) is 3.20. The summed E-state index contributed by atoms with van der Waals surface area (Å²) in [6.07, 6.45) is 1.49. The van der Waals surface area contributed by atoms with Crippen LogP contribution in [0.3, 0.4) is 0 Å². The number of nitrogens with zero attached hydrogens (tertiary/aromatic N) is 1. The van der Waals surface area contributed by atoms with Crippen molar-refractivity contribution < 1.29 is 22.7 Å². The van der Waals surface area contributed by atoms with Crippen LogP contribution < -0.4 is 4.90 Å². The first kappa shape index (κ1) is 25.5. The van der Waals surface area contributed by atoms with Crippen molar-refractivity contribution in [2.24, 2.45) is 0 Å². The summed E-state index contributed by atoms with van der Waals surface area (Å²) in [7, 11) is -3.47. The zero-order chi connectivity index (χ0) is 23.4. The van der Waals surface area contributed by atoms with Crippen molar-refractivity contribution in [3.63, 3.8) is 0 Å². The van der Waals surface area contributed by atoms with Crippen LogP contribution in [0.4, 0.5) is 5.69 Å². The summed E-state index contributed by atoms with van der Waals surface area (Å²) in [5, 5.41) is 0. The number of carbonyl (C=O) groups excluding carboxylic acids is 2. The van der Waals surface area contributed by atoms with E-state index in [4.69, 9.17) is 4.74 Å². The minimum absolute atomic E-state index is 0.0657. The van der Waals surface area contributed by atoms with E-state index in [2.05, 4.69) is 30.9 Å². The smallest absolute Gasteiger partial charge is 0.162 e. The van der Waals surface area contributed by atoms with E-state index in [1.165, 1.54) is 0 Å². The van der Waals surface area contributed by atoms with Gasteiger partial charge in [0.15, 0.2) is 9.84 Å². The quantitative estimate of drug-likeness (QED) is 0.570. The number of aryl methyl sites for hydroxylation is 1. The lowest BCUT2D eigenvalue weighted by molar-refractivity contribution is -0.119. The number of carbonyl (C=O) groups is 2. The Morgan fingerprint density at radius 3 is 2.19 bits per heavy atom. The molecule has 1 aromatic rings. The van der Waals surface area contributed by atoms with E-state index in [1.54, 1.807) is 20.8 Å². The Hall–Kier alpha value is -1.73. The van der Waals surface area contributed by atoms with Gasteiger partial charge in [0.25, 0.3) is 0 Å². The zero-order valence-electron chi connectivity index (χ0n) is 19.7. The first-order valence-electron chi connectivity index (χ1n) is 11.0. The van der Waals surface area contributed by atoms with Crippen LogP contribution in [0.2, 0.25) is 0 Å². The lowest BCUT2D eigenvalue weighted by Crippen LogP contribution is -2.45. The van der Waals surface area contributed by atoms with Crippen LogP contribution >= 0.6 is 0 Å². The number of sulfone groups is 1. The summed E-state index contributed by atoms with van der Waals surface area (Å²) in [4.78, 5) is 26.8. The Morgan fingerprint density at radius 1 is 1.06 bits per heavy atom. The number of Topliss-reactive ketones (excluding diaryl/α,β-unsaturated/α-hetero) is 2. The van der Waals surface area contributed by atoms with Crippen molar-refractivity contribution >= 4 is 27.1 Å². The summed E-state index contributed by atoms with van der Waals surface area (Å²) >= 11 is 0. The van der Waals surface area contributed by atoms with Gasteiger partial charge < -0.3 is 9.64 Å². The highest BCUT2D eigenvalue weighted by Gasteiger charge is 2.31. The average Bonchev–Trinajstić information content (AvgIpc) is 2.61. The van der Waals surface area contributed by atoms with Crippen molar-refractivity contribution in [3.8, 4) is 0 Å². The van der Waals surface area contributed by atoms with Gasteiger partial charge in [0, 0.05) is 38.0 Å². The lowest BCUT2D eigenvalue weighted by atomic mass is 9.99. The second-order valence-corrected chi connectivity index (χ2v) is 12.5. The van der Waals surface area contributed by atoms with Crippen LogP contribution in [0.5, 0.6) is 0 Å². The van der Waals surface area contributed by atoms with Gasteiger partial charge in [0.1, 0.15) is 17.3 Å². The van der Waals surface area contributed by atoms with Gasteiger partial charge in [0.05, 0.1) is 17.0 Å². The van der Waals surface area contributed by atoms with E-state index in [0.29, 0.717) is 12.8 Å². The highest BCUT2D eigenvalue weighted by molar-refractivity contribution is 7.93. The molecule has 1 fully saturated rings. The number of morpholine rings is 1. The first-order valence-corrected chi connectivity index (χ1v) is 12.7. The summed E-state index contributed by atoms with van der Waals surface area (Å²) < 4.78 is 29.1. The molecule has 1 heterocycles. The van der Waals surface area contributed by atoms with Crippen LogP contribution in [0.15, 0.2) is 18.2 Å². The van der Waals surface area contributed by atoms with Crippen molar-refractivity contribution in [2.75, 3.05) is 23.7 Å². The van der Waals surface area contributed by atoms with E-state index < -0.39 is 20.3 Å². The van der Waals surface area contributed by atoms with Crippen LogP contribution in [0, 0.1) is 6.92 Å². The molecule has 0 unspecified atom stereocenters. The summed E-state index contributed by atoms with van der Waals surface area (Å²) in [5.74, 6) is -0.711. The maximum absolute atomic E-state index is 12.4. The number of hydrogen-bond donors (Lipinski definition) is 0. The van der Waals surface area contributed by atoms with E-state index in [9.17, 15) is 18.0 Å². The van der Waals surface area contributed by atoms with E-state index >= 15 is 0 Å². The molecule has 0 N–H and O–H groups in total. The van der Waals surface area contributed by atoms with Crippen LogP contribution in [-0.4, -0.2) is 55.8 Å². The maximum Gasteiger partial charge on any atom is 0.162 e. The third-order valence-corrected chi connectivity index (χ3v) is 8.26. The molecule has 2 atom stereocenters. The highest BCUT2D eigenvalue weighted by atomic mass is 32.2. The van der Waals surface area contributed by atoms with Gasteiger partial charge in [-0.3, -0.25) is 9.59 Å². The third kappa shape index (κ3) is 7.42. The topological polar surface area (TPSA) is 80.8 Å². The molecule has 0 aliphatic carbocycles. The maximum atomic E-state index is 12.4. The Labute approximate surface area is 187 Å². The van der Waals surface area contributed by atoms with Crippen molar-refractivity contribution in [1.82, 2.24) is 0 Å². The molecule has 1 aromatic carbocycles. The number of ketones is 2. The van der Waals surface area contributed by atoms with Gasteiger partial charge in [-0.1, -0.05) is 6.07 Å². The Balaban J connectivity index is 1.85. The van der Waals surface area contributed by atoms with Crippen LogP contribution in [0.25, 0.3) is 0 Å². The fourth-order valence-corrected chi connectivity index (χ4v) is 4.75. The minimum atomic E-state index is -3.47. The summed E-state index contributed by atoms with van der Waals surface area (Å²) in [6, 6.07) is 6.18. The van der Waals surface area contributed by atoms with Gasteiger partial charge in [-0.05, 0) is 71.2 Å². The molecule has 1 aliphatic heterocycles. The molecule has 31 heavy (non-hydrogen) atoms. The molecular formula is C24H37NO5S. The number of benzene rings is 1. The Bertz CT molecular complexity index is 891. The van der Waals surface area contributed by atoms with Crippen molar-refractivity contribution in [1.29, 1.82) is 0 Å². The molecule has 174 valence electrons. The number of anilines is 1.